The van der Waals surface area contributed by atoms with Crippen molar-refractivity contribution in [3.63, 3.8) is 0 Å². The van der Waals surface area contributed by atoms with Crippen LogP contribution in [-0.2, 0) is 6.54 Å². The normalized spacial score (nSPS) is 11.5. The third kappa shape index (κ3) is 5.36. The number of aromatic nitrogens is 1. The number of urea groups is 1. The van der Waals surface area contributed by atoms with Crippen molar-refractivity contribution in [3.8, 4) is 11.6 Å². The summed E-state index contributed by atoms with van der Waals surface area (Å²) in [4.78, 5) is 16.2. The largest absolute Gasteiger partial charge is 0.497 e. The van der Waals surface area contributed by atoms with Gasteiger partial charge in [0.1, 0.15) is 5.75 Å². The quantitative estimate of drug-likeness (QED) is 0.713. The fourth-order valence-electron chi connectivity index (χ4n) is 2.27. The Bertz CT molecular complexity index is 721. The molecule has 2 aromatic rings. The zero-order valence-electron chi connectivity index (χ0n) is 14.6. The summed E-state index contributed by atoms with van der Waals surface area (Å²) < 4.78 is 10.3. The molecule has 7 nitrogen and oxygen atoms in total. The number of aliphatic hydroxyl groups excluding tert-OH is 1. The third-order valence-electron chi connectivity index (χ3n) is 3.65. The first-order valence-corrected chi connectivity index (χ1v) is 7.87. The highest BCUT2D eigenvalue weighted by Crippen LogP contribution is 2.18. The fraction of sp³-hybridized carbons (Fsp3) is 0.333. The molecule has 0 bridgehead atoms. The molecule has 0 aliphatic rings. The van der Waals surface area contributed by atoms with E-state index in [0.717, 1.165) is 11.3 Å². The molecule has 25 heavy (non-hydrogen) atoms. The van der Waals surface area contributed by atoms with Crippen LogP contribution in [0.15, 0.2) is 36.4 Å². The van der Waals surface area contributed by atoms with Crippen molar-refractivity contribution >= 4 is 6.03 Å². The summed E-state index contributed by atoms with van der Waals surface area (Å²) in [5.41, 5.74) is 2.28. The summed E-state index contributed by atoms with van der Waals surface area (Å²) in [5.74, 6) is 1.14. The number of benzene rings is 1. The fourth-order valence-corrected chi connectivity index (χ4v) is 2.27. The molecule has 0 unspecified atom stereocenters. The minimum atomic E-state index is -0.823. The molecule has 0 aliphatic heterocycles. The minimum Gasteiger partial charge on any atom is -0.497 e. The van der Waals surface area contributed by atoms with E-state index < -0.39 is 6.10 Å². The predicted octanol–water partition coefficient (Wildman–Crippen LogP) is 1.94. The zero-order chi connectivity index (χ0) is 18.2. The molecule has 2 rings (SSSR count). The maximum Gasteiger partial charge on any atom is 0.315 e. The Hall–Kier alpha value is -2.80. The number of carbonyl (C=O) groups is 1. The topological polar surface area (TPSA) is 92.7 Å². The maximum atomic E-state index is 11.9. The summed E-state index contributed by atoms with van der Waals surface area (Å²) in [6.45, 7) is 2.23. The van der Waals surface area contributed by atoms with Crippen LogP contribution in [0.2, 0.25) is 0 Å². The van der Waals surface area contributed by atoms with Gasteiger partial charge in [0.25, 0.3) is 0 Å². The van der Waals surface area contributed by atoms with Gasteiger partial charge in [-0.3, -0.25) is 0 Å². The van der Waals surface area contributed by atoms with Crippen LogP contribution in [0.4, 0.5) is 4.79 Å². The molecule has 7 heteroatoms. The van der Waals surface area contributed by atoms with Crippen LogP contribution in [0.3, 0.4) is 0 Å². The van der Waals surface area contributed by atoms with Gasteiger partial charge in [-0.05, 0) is 30.7 Å². The summed E-state index contributed by atoms with van der Waals surface area (Å²) in [7, 11) is 3.10. The smallest absolute Gasteiger partial charge is 0.315 e. The van der Waals surface area contributed by atoms with Gasteiger partial charge in [0, 0.05) is 24.3 Å². The lowest BCUT2D eigenvalue weighted by molar-refractivity contribution is 0.172. The highest BCUT2D eigenvalue weighted by atomic mass is 16.5. The lowest BCUT2D eigenvalue weighted by Gasteiger charge is -2.14. The number of aliphatic hydroxyl groups is 1. The van der Waals surface area contributed by atoms with Crippen LogP contribution in [-0.4, -0.2) is 36.9 Å². The molecule has 0 aliphatic carbocycles. The first-order valence-electron chi connectivity index (χ1n) is 7.87. The SMILES string of the molecule is COc1cccc([C@@H](O)CNC(=O)NCc2ccc(C)nc2OC)c1. The van der Waals surface area contributed by atoms with Gasteiger partial charge in [-0.1, -0.05) is 18.2 Å². The van der Waals surface area contributed by atoms with Gasteiger partial charge in [0.05, 0.1) is 20.3 Å². The molecular formula is C18H23N3O4. The molecule has 0 spiro atoms. The standard InChI is InChI=1S/C18H23N3O4/c1-12-7-8-14(17(21-12)25-3)10-19-18(23)20-11-16(22)13-5-4-6-15(9-13)24-2/h4-9,16,22H,10-11H2,1-3H3,(H2,19,20,23)/t16-/m0/s1. The first kappa shape index (κ1) is 18.5. The third-order valence-corrected chi connectivity index (χ3v) is 3.65. The average Bonchev–Trinajstić information content (AvgIpc) is 2.64. The van der Waals surface area contributed by atoms with Crippen molar-refractivity contribution in [1.82, 2.24) is 15.6 Å². The number of hydrogen-bond donors (Lipinski definition) is 3. The summed E-state index contributed by atoms with van der Waals surface area (Å²) in [5, 5.41) is 15.5. The summed E-state index contributed by atoms with van der Waals surface area (Å²) in [6.07, 6.45) is -0.823. The van der Waals surface area contributed by atoms with Gasteiger partial charge in [0.15, 0.2) is 0 Å². The van der Waals surface area contributed by atoms with Crippen molar-refractivity contribution in [3.05, 3.63) is 53.2 Å². The van der Waals surface area contributed by atoms with E-state index in [9.17, 15) is 9.90 Å². The van der Waals surface area contributed by atoms with Crippen molar-refractivity contribution in [2.24, 2.45) is 0 Å². The number of hydrogen-bond acceptors (Lipinski definition) is 5. The average molecular weight is 345 g/mol. The van der Waals surface area contributed by atoms with E-state index in [-0.39, 0.29) is 19.1 Å². The van der Waals surface area contributed by atoms with E-state index in [4.69, 9.17) is 9.47 Å². The van der Waals surface area contributed by atoms with Crippen LogP contribution < -0.4 is 20.1 Å². The van der Waals surface area contributed by atoms with Gasteiger partial charge in [0.2, 0.25) is 5.88 Å². The van der Waals surface area contributed by atoms with Crippen molar-refractivity contribution in [1.29, 1.82) is 0 Å². The molecule has 0 saturated carbocycles. The predicted molar refractivity (Wildman–Crippen MR) is 93.7 cm³/mol. The van der Waals surface area contributed by atoms with Crippen LogP contribution in [0.1, 0.15) is 22.9 Å². The van der Waals surface area contributed by atoms with Crippen molar-refractivity contribution in [2.45, 2.75) is 19.6 Å². The van der Waals surface area contributed by atoms with E-state index in [0.29, 0.717) is 17.2 Å². The minimum absolute atomic E-state index is 0.0856. The van der Waals surface area contributed by atoms with Gasteiger partial charge in [-0.2, -0.15) is 0 Å². The molecule has 1 heterocycles. The first-order chi connectivity index (χ1) is 12.0. The van der Waals surface area contributed by atoms with E-state index in [1.165, 1.54) is 7.11 Å². The summed E-state index contributed by atoms with van der Waals surface area (Å²) >= 11 is 0. The number of aryl methyl sites for hydroxylation is 1. The van der Waals surface area contributed by atoms with Gasteiger partial charge >= 0.3 is 6.03 Å². The Morgan fingerprint density at radius 2 is 2.00 bits per heavy atom. The highest BCUT2D eigenvalue weighted by molar-refractivity contribution is 5.73. The monoisotopic (exact) mass is 345 g/mol. The molecule has 134 valence electrons. The van der Waals surface area contributed by atoms with Crippen LogP contribution in [0.25, 0.3) is 0 Å². The molecular weight excluding hydrogens is 322 g/mol. The summed E-state index contributed by atoms with van der Waals surface area (Å²) in [6, 6.07) is 10.4. The number of ether oxygens (including phenoxy) is 2. The molecule has 3 N–H and O–H groups in total. The second-order valence-corrected chi connectivity index (χ2v) is 5.48. The number of pyridine rings is 1. The second kappa shape index (κ2) is 8.89. The molecule has 1 aromatic carbocycles. The van der Waals surface area contributed by atoms with E-state index in [1.807, 2.05) is 19.1 Å². The molecule has 0 saturated heterocycles. The van der Waals surface area contributed by atoms with E-state index in [1.54, 1.807) is 31.4 Å². The van der Waals surface area contributed by atoms with Gasteiger partial charge < -0.3 is 25.2 Å². The van der Waals surface area contributed by atoms with Gasteiger partial charge in [-0.15, -0.1) is 0 Å². The lowest BCUT2D eigenvalue weighted by Crippen LogP contribution is -2.37. The van der Waals surface area contributed by atoms with Crippen LogP contribution in [0.5, 0.6) is 11.6 Å². The van der Waals surface area contributed by atoms with Crippen molar-refractivity contribution in [2.75, 3.05) is 20.8 Å². The van der Waals surface area contributed by atoms with Crippen molar-refractivity contribution < 1.29 is 19.4 Å². The molecule has 2 amide bonds. The Morgan fingerprint density at radius 3 is 2.72 bits per heavy atom. The van der Waals surface area contributed by atoms with Crippen LogP contribution >= 0.6 is 0 Å². The Labute approximate surface area is 147 Å². The molecule has 0 fully saturated rings. The zero-order valence-corrected chi connectivity index (χ0v) is 14.6. The Balaban J connectivity index is 1.84. The Kier molecular flexibility index (Phi) is 6.59. The van der Waals surface area contributed by atoms with E-state index in [2.05, 4.69) is 15.6 Å². The number of amides is 2. The lowest BCUT2D eigenvalue weighted by atomic mass is 10.1. The van der Waals surface area contributed by atoms with Gasteiger partial charge in [-0.25, -0.2) is 9.78 Å². The number of nitrogens with zero attached hydrogens (tertiary/aromatic N) is 1. The number of carbonyl (C=O) groups excluding carboxylic acids is 1. The maximum absolute atomic E-state index is 11.9. The number of nitrogens with one attached hydrogen (secondary N) is 2. The van der Waals surface area contributed by atoms with E-state index >= 15 is 0 Å². The molecule has 0 radical (unpaired) electrons. The molecule has 1 aromatic heterocycles. The molecule has 1 atom stereocenters. The second-order valence-electron chi connectivity index (χ2n) is 5.48. The number of rotatable bonds is 7. The number of methoxy groups -OCH3 is 2. The van der Waals surface area contributed by atoms with Crippen LogP contribution in [0, 0.1) is 6.92 Å². The highest BCUT2D eigenvalue weighted by Gasteiger charge is 2.11. The Morgan fingerprint density at radius 1 is 1.20 bits per heavy atom.